The van der Waals surface area contributed by atoms with Crippen molar-refractivity contribution in [2.24, 2.45) is 0 Å². The molecule has 1 aromatic heterocycles. The van der Waals surface area contributed by atoms with Crippen molar-refractivity contribution in [3.8, 4) is 28.8 Å². The Balaban J connectivity index is 1.60. The lowest BCUT2D eigenvalue weighted by Gasteiger charge is -2.08. The number of Topliss-reactive ketones (excluding diaryl/α,β-unsaturated/α-hetero) is 1. The zero-order valence-electron chi connectivity index (χ0n) is 16.1. The van der Waals surface area contributed by atoms with Crippen LogP contribution in [0, 0.1) is 21.4 Å². The Morgan fingerprint density at radius 1 is 1.29 bits per heavy atom. The van der Waals surface area contributed by atoms with Gasteiger partial charge in [0.1, 0.15) is 16.6 Å². The van der Waals surface area contributed by atoms with E-state index in [1.807, 2.05) is 0 Å². The number of benzene rings is 2. The molecule has 3 aromatic rings. The Morgan fingerprint density at radius 3 is 2.65 bits per heavy atom. The molecule has 31 heavy (non-hydrogen) atoms. The number of nitrogens with zero attached hydrogens (tertiary/aromatic N) is 3. The average Bonchev–Trinajstić information content (AvgIpc) is 3.43. The van der Waals surface area contributed by atoms with E-state index in [0.717, 1.165) is 0 Å². The molecular formula is C21H14N4O5S. The van der Waals surface area contributed by atoms with Crippen LogP contribution in [0.15, 0.2) is 48.0 Å². The van der Waals surface area contributed by atoms with Gasteiger partial charge in [-0.1, -0.05) is 0 Å². The molecule has 4 rings (SSSR count). The molecule has 0 amide bonds. The second-order valence-electron chi connectivity index (χ2n) is 6.46. The highest BCUT2D eigenvalue weighted by Crippen LogP contribution is 2.37. The zero-order chi connectivity index (χ0) is 22.0. The number of anilines is 1. The van der Waals surface area contributed by atoms with Crippen LogP contribution in [-0.4, -0.2) is 22.5 Å². The summed E-state index contributed by atoms with van der Waals surface area (Å²) in [6.45, 7) is 1.52. The fourth-order valence-electron chi connectivity index (χ4n) is 2.93. The number of hydrogen-bond donors (Lipinski definition) is 1. The van der Waals surface area contributed by atoms with Crippen molar-refractivity contribution >= 4 is 34.1 Å². The number of aromatic nitrogens is 1. The van der Waals surface area contributed by atoms with Crippen molar-refractivity contribution < 1.29 is 19.2 Å². The van der Waals surface area contributed by atoms with E-state index in [4.69, 9.17) is 9.47 Å². The molecule has 0 aliphatic carbocycles. The minimum absolute atomic E-state index is 0.00832. The van der Waals surface area contributed by atoms with Crippen molar-refractivity contribution in [1.29, 1.82) is 5.26 Å². The number of carbonyl (C=O) groups excluding carboxylic acids is 1. The molecular weight excluding hydrogens is 420 g/mol. The minimum Gasteiger partial charge on any atom is -0.454 e. The molecule has 154 valence electrons. The minimum atomic E-state index is -0.468. The second-order valence-corrected chi connectivity index (χ2v) is 7.32. The molecule has 0 saturated heterocycles. The summed E-state index contributed by atoms with van der Waals surface area (Å²) in [5, 5.41) is 25.6. The average molecular weight is 434 g/mol. The first-order chi connectivity index (χ1) is 15.0. The molecule has 0 saturated carbocycles. The van der Waals surface area contributed by atoms with Gasteiger partial charge < -0.3 is 14.8 Å². The largest absolute Gasteiger partial charge is 0.454 e. The highest BCUT2D eigenvalue weighted by Gasteiger charge is 2.19. The van der Waals surface area contributed by atoms with E-state index in [0.29, 0.717) is 39.0 Å². The topological polar surface area (TPSA) is 127 Å². The number of nitrogens with one attached hydrogen (secondary N) is 1. The maximum Gasteiger partial charge on any atom is 0.269 e. The van der Waals surface area contributed by atoms with Crippen molar-refractivity contribution in [3.05, 3.63) is 68.7 Å². The standard InChI is InChI=1S/C21H14N4O5S/c1-12(26)16-6-19-20(30-11-29-19)7-17(16)23-9-14(8-22)21-24-18(10-31-21)13-2-4-15(5-3-13)25(27)28/h2-7,9-10,23H,11H2,1H3. The number of hydrogen-bond acceptors (Lipinski definition) is 9. The number of nitro groups is 1. The van der Waals surface area contributed by atoms with Crippen LogP contribution in [-0.2, 0) is 0 Å². The number of thiazole rings is 1. The van der Waals surface area contributed by atoms with Crippen LogP contribution >= 0.6 is 11.3 Å². The zero-order valence-corrected chi connectivity index (χ0v) is 16.9. The molecule has 0 atom stereocenters. The number of fused-ring (bicyclic) bond motifs is 1. The van der Waals surface area contributed by atoms with Gasteiger partial charge >= 0.3 is 0 Å². The number of ketones is 1. The Labute approximate surface area is 180 Å². The summed E-state index contributed by atoms with van der Waals surface area (Å²) in [6, 6.07) is 11.4. The van der Waals surface area contributed by atoms with E-state index in [-0.39, 0.29) is 23.8 Å². The molecule has 0 spiro atoms. The summed E-state index contributed by atoms with van der Waals surface area (Å²) in [5.74, 6) is 0.837. The first kappa shape index (κ1) is 20.1. The van der Waals surface area contributed by atoms with Gasteiger partial charge in [0.15, 0.2) is 17.3 Å². The molecule has 10 heteroatoms. The molecule has 0 radical (unpaired) electrons. The quantitative estimate of drug-likeness (QED) is 0.257. The van der Waals surface area contributed by atoms with Crippen molar-refractivity contribution in [1.82, 2.24) is 4.98 Å². The SMILES string of the molecule is CC(=O)c1cc2c(cc1NC=C(C#N)c1nc(-c3ccc([N+](=O)[O-])cc3)cs1)OCO2. The summed E-state index contributed by atoms with van der Waals surface area (Å²) >= 11 is 1.27. The lowest BCUT2D eigenvalue weighted by atomic mass is 10.1. The summed E-state index contributed by atoms with van der Waals surface area (Å²) in [4.78, 5) is 26.8. The molecule has 9 nitrogen and oxygen atoms in total. The van der Waals surface area contributed by atoms with E-state index in [1.165, 1.54) is 36.6 Å². The lowest BCUT2D eigenvalue weighted by Crippen LogP contribution is -2.00. The maximum absolute atomic E-state index is 12.0. The van der Waals surface area contributed by atoms with Crippen LogP contribution in [0.3, 0.4) is 0 Å². The maximum atomic E-state index is 12.0. The number of nitro benzene ring substituents is 1. The van der Waals surface area contributed by atoms with Gasteiger partial charge in [-0.05, 0) is 25.1 Å². The van der Waals surface area contributed by atoms with E-state index in [1.54, 1.807) is 29.6 Å². The molecule has 2 aromatic carbocycles. The predicted octanol–water partition coefficient (Wildman–Crippen LogP) is 4.63. The van der Waals surface area contributed by atoms with Crippen molar-refractivity contribution in [3.63, 3.8) is 0 Å². The van der Waals surface area contributed by atoms with Gasteiger partial charge in [-0.15, -0.1) is 11.3 Å². The molecule has 1 aliphatic rings. The number of allylic oxidation sites excluding steroid dienone is 1. The highest BCUT2D eigenvalue weighted by atomic mass is 32.1. The van der Waals surface area contributed by atoms with Crippen LogP contribution < -0.4 is 14.8 Å². The molecule has 0 bridgehead atoms. The molecule has 2 heterocycles. The first-order valence-electron chi connectivity index (χ1n) is 8.98. The van der Waals surface area contributed by atoms with Crippen LogP contribution in [0.2, 0.25) is 0 Å². The predicted molar refractivity (Wildman–Crippen MR) is 114 cm³/mol. The van der Waals surface area contributed by atoms with E-state index >= 15 is 0 Å². The Bertz CT molecular complexity index is 1260. The highest BCUT2D eigenvalue weighted by molar-refractivity contribution is 7.11. The van der Waals surface area contributed by atoms with Gasteiger partial charge in [-0.2, -0.15) is 5.26 Å². The lowest BCUT2D eigenvalue weighted by molar-refractivity contribution is -0.384. The van der Waals surface area contributed by atoms with Gasteiger partial charge in [0.25, 0.3) is 5.69 Å². The molecule has 1 N–H and O–H groups in total. The molecule has 0 fully saturated rings. The Kier molecular flexibility index (Phi) is 5.34. The number of ether oxygens (including phenoxy) is 2. The van der Waals surface area contributed by atoms with Crippen molar-refractivity contribution in [2.45, 2.75) is 6.92 Å². The van der Waals surface area contributed by atoms with Gasteiger partial charge in [0.05, 0.1) is 16.3 Å². The van der Waals surface area contributed by atoms with Gasteiger partial charge in [0, 0.05) is 40.9 Å². The Morgan fingerprint density at radius 2 is 2.00 bits per heavy atom. The normalized spacial score (nSPS) is 12.3. The van der Waals surface area contributed by atoms with E-state index in [2.05, 4.69) is 16.4 Å². The monoisotopic (exact) mass is 434 g/mol. The number of rotatable bonds is 6. The number of carbonyl (C=O) groups is 1. The summed E-state index contributed by atoms with van der Waals surface area (Å²) < 4.78 is 10.7. The van der Waals surface area contributed by atoms with E-state index < -0.39 is 4.92 Å². The molecule has 0 unspecified atom stereocenters. The van der Waals surface area contributed by atoms with Gasteiger partial charge in [0.2, 0.25) is 6.79 Å². The second kappa shape index (κ2) is 8.25. The number of non-ortho nitro benzene ring substituents is 1. The van der Waals surface area contributed by atoms with Crippen LogP contribution in [0.1, 0.15) is 22.3 Å². The van der Waals surface area contributed by atoms with Crippen LogP contribution in [0.5, 0.6) is 11.5 Å². The van der Waals surface area contributed by atoms with Gasteiger partial charge in [-0.3, -0.25) is 14.9 Å². The summed E-state index contributed by atoms with van der Waals surface area (Å²) in [6.07, 6.45) is 1.47. The third-order valence-corrected chi connectivity index (χ3v) is 5.37. The summed E-state index contributed by atoms with van der Waals surface area (Å²) in [5.41, 5.74) is 2.45. The van der Waals surface area contributed by atoms with Crippen molar-refractivity contribution in [2.75, 3.05) is 12.1 Å². The number of nitriles is 1. The van der Waals surface area contributed by atoms with Gasteiger partial charge in [-0.25, -0.2) is 4.98 Å². The summed E-state index contributed by atoms with van der Waals surface area (Å²) in [7, 11) is 0. The smallest absolute Gasteiger partial charge is 0.269 e. The third-order valence-electron chi connectivity index (χ3n) is 4.49. The fraction of sp³-hybridized carbons (Fsp3) is 0.0952. The fourth-order valence-corrected chi connectivity index (χ4v) is 3.72. The molecule has 1 aliphatic heterocycles. The first-order valence-corrected chi connectivity index (χ1v) is 9.86. The third kappa shape index (κ3) is 4.08. The van der Waals surface area contributed by atoms with E-state index in [9.17, 15) is 20.2 Å². The Hall–Kier alpha value is -4.23. The van der Waals surface area contributed by atoms with Crippen LogP contribution in [0.4, 0.5) is 11.4 Å². The van der Waals surface area contributed by atoms with Crippen LogP contribution in [0.25, 0.3) is 16.8 Å².